The molecule has 5 nitrogen and oxygen atoms in total. The van der Waals surface area contributed by atoms with Crippen LogP contribution < -0.4 is 0 Å². The van der Waals surface area contributed by atoms with Gasteiger partial charge in [-0.15, -0.1) is 0 Å². The van der Waals surface area contributed by atoms with E-state index in [1.807, 2.05) is 56.3 Å². The Labute approximate surface area is 204 Å². The van der Waals surface area contributed by atoms with Crippen LogP contribution in [0, 0.1) is 13.8 Å². The zero-order valence-electron chi connectivity index (χ0n) is 21.4. The van der Waals surface area contributed by atoms with E-state index >= 15 is 0 Å². The Morgan fingerprint density at radius 2 is 1.68 bits per heavy atom. The van der Waals surface area contributed by atoms with Crippen LogP contribution in [0.25, 0.3) is 5.76 Å². The van der Waals surface area contributed by atoms with Crippen LogP contribution in [-0.2, 0) is 9.59 Å². The van der Waals surface area contributed by atoms with Crippen LogP contribution in [0.2, 0.25) is 0 Å². The fourth-order valence-corrected chi connectivity index (χ4v) is 4.66. The lowest BCUT2D eigenvalue weighted by Gasteiger charge is -2.27. The van der Waals surface area contributed by atoms with E-state index in [0.717, 1.165) is 42.7 Å². The number of nitrogens with zero attached hydrogens (tertiary/aromatic N) is 2. The Morgan fingerprint density at radius 3 is 2.26 bits per heavy atom. The van der Waals surface area contributed by atoms with Crippen molar-refractivity contribution in [3.63, 3.8) is 0 Å². The second kappa shape index (κ2) is 11.0. The Balaban J connectivity index is 2.08. The third kappa shape index (κ3) is 5.25. The van der Waals surface area contributed by atoms with Crippen LogP contribution >= 0.6 is 0 Å². The van der Waals surface area contributed by atoms with Crippen LogP contribution in [0.3, 0.4) is 0 Å². The summed E-state index contributed by atoms with van der Waals surface area (Å²) >= 11 is 0. The summed E-state index contributed by atoms with van der Waals surface area (Å²) in [5.41, 5.74) is 4.67. The molecule has 182 valence electrons. The summed E-state index contributed by atoms with van der Waals surface area (Å²) in [6.45, 7) is 15.6. The molecule has 1 saturated heterocycles. The minimum Gasteiger partial charge on any atom is -0.507 e. The Kier molecular flexibility index (Phi) is 8.32. The van der Waals surface area contributed by atoms with Crippen LogP contribution in [-0.4, -0.2) is 52.8 Å². The average Bonchev–Trinajstić information content (AvgIpc) is 3.08. The van der Waals surface area contributed by atoms with Crippen LogP contribution in [0.4, 0.5) is 0 Å². The van der Waals surface area contributed by atoms with Crippen molar-refractivity contribution in [2.75, 3.05) is 26.2 Å². The number of aliphatic hydroxyl groups excluding tert-OH is 1. The monoisotopic (exact) mass is 462 g/mol. The number of hydrogen-bond donors (Lipinski definition) is 1. The predicted molar refractivity (Wildman–Crippen MR) is 138 cm³/mol. The van der Waals surface area contributed by atoms with Crippen molar-refractivity contribution in [2.24, 2.45) is 0 Å². The number of carbonyl (C=O) groups excluding carboxylic acids is 2. The van der Waals surface area contributed by atoms with Gasteiger partial charge in [-0.2, -0.15) is 0 Å². The minimum absolute atomic E-state index is 0.0938. The summed E-state index contributed by atoms with van der Waals surface area (Å²) in [6.07, 6.45) is 0.763. The zero-order chi connectivity index (χ0) is 25.0. The van der Waals surface area contributed by atoms with Crippen molar-refractivity contribution >= 4 is 17.4 Å². The molecule has 0 aromatic heterocycles. The van der Waals surface area contributed by atoms with Gasteiger partial charge in [0.25, 0.3) is 11.7 Å². The normalized spacial score (nSPS) is 17.9. The molecule has 0 radical (unpaired) electrons. The molecule has 1 atom stereocenters. The molecule has 1 N–H and O–H groups in total. The van der Waals surface area contributed by atoms with Gasteiger partial charge in [0.15, 0.2) is 0 Å². The molecular formula is C29H38N2O3. The quantitative estimate of drug-likeness (QED) is 0.300. The molecule has 34 heavy (non-hydrogen) atoms. The second-order valence-corrected chi connectivity index (χ2v) is 9.51. The van der Waals surface area contributed by atoms with Crippen molar-refractivity contribution in [3.8, 4) is 0 Å². The lowest BCUT2D eigenvalue weighted by atomic mass is 9.92. The van der Waals surface area contributed by atoms with Crippen LogP contribution in [0.5, 0.6) is 0 Å². The highest BCUT2D eigenvalue weighted by Gasteiger charge is 2.45. The van der Waals surface area contributed by atoms with E-state index in [-0.39, 0.29) is 11.3 Å². The number of Topliss-reactive ketones (excluding diaryl/α,β-unsaturated/α-hetero) is 1. The molecule has 0 bridgehead atoms. The maximum atomic E-state index is 13.3. The van der Waals surface area contributed by atoms with Crippen LogP contribution in [0.1, 0.15) is 73.9 Å². The molecule has 0 saturated carbocycles. The Morgan fingerprint density at radius 1 is 1.03 bits per heavy atom. The van der Waals surface area contributed by atoms with Gasteiger partial charge in [0.05, 0.1) is 11.6 Å². The highest BCUT2D eigenvalue weighted by atomic mass is 16.3. The predicted octanol–water partition coefficient (Wildman–Crippen LogP) is 5.58. The third-order valence-corrected chi connectivity index (χ3v) is 6.87. The number of aliphatic hydroxyl groups is 1. The maximum Gasteiger partial charge on any atom is 0.295 e. The van der Waals surface area contributed by atoms with Gasteiger partial charge in [-0.1, -0.05) is 69.7 Å². The highest BCUT2D eigenvalue weighted by Crippen LogP contribution is 2.40. The fraction of sp³-hybridized carbons (Fsp3) is 0.448. The van der Waals surface area contributed by atoms with Crippen molar-refractivity contribution in [1.29, 1.82) is 0 Å². The molecule has 3 rings (SSSR count). The number of aryl methyl sites for hydroxylation is 2. The lowest BCUT2D eigenvalue weighted by Crippen LogP contribution is -2.33. The van der Waals surface area contributed by atoms with Gasteiger partial charge >= 0.3 is 0 Å². The first kappa shape index (κ1) is 25.7. The van der Waals surface area contributed by atoms with Gasteiger partial charge in [-0.3, -0.25) is 9.59 Å². The van der Waals surface area contributed by atoms with Crippen LogP contribution in [0.15, 0.2) is 48.0 Å². The summed E-state index contributed by atoms with van der Waals surface area (Å²) in [5.74, 6) is -0.864. The summed E-state index contributed by atoms with van der Waals surface area (Å²) < 4.78 is 0. The van der Waals surface area contributed by atoms with Gasteiger partial charge in [-0.25, -0.2) is 0 Å². The first-order valence-electron chi connectivity index (χ1n) is 12.4. The highest BCUT2D eigenvalue weighted by molar-refractivity contribution is 6.46. The molecule has 2 aromatic rings. The average molecular weight is 463 g/mol. The molecule has 0 spiro atoms. The largest absolute Gasteiger partial charge is 0.507 e. The number of rotatable bonds is 9. The first-order chi connectivity index (χ1) is 16.2. The molecule has 1 amide bonds. The molecule has 2 aromatic carbocycles. The van der Waals surface area contributed by atoms with Gasteiger partial charge in [0, 0.05) is 12.1 Å². The lowest BCUT2D eigenvalue weighted by molar-refractivity contribution is -0.140. The van der Waals surface area contributed by atoms with E-state index < -0.39 is 17.7 Å². The molecule has 1 aliphatic heterocycles. The number of hydrogen-bond acceptors (Lipinski definition) is 4. The molecule has 1 unspecified atom stereocenters. The molecular weight excluding hydrogens is 424 g/mol. The number of carbonyl (C=O) groups is 2. The minimum atomic E-state index is -0.612. The van der Waals surface area contributed by atoms with Gasteiger partial charge in [0.1, 0.15) is 5.76 Å². The zero-order valence-corrected chi connectivity index (χ0v) is 21.4. The third-order valence-electron chi connectivity index (χ3n) is 6.87. The second-order valence-electron chi connectivity index (χ2n) is 9.51. The van der Waals surface area contributed by atoms with E-state index in [4.69, 9.17) is 0 Å². The van der Waals surface area contributed by atoms with Crippen molar-refractivity contribution < 1.29 is 14.7 Å². The Hall–Kier alpha value is -2.92. The van der Waals surface area contributed by atoms with Gasteiger partial charge in [-0.05, 0) is 68.6 Å². The van der Waals surface area contributed by atoms with Crippen molar-refractivity contribution in [2.45, 2.75) is 59.9 Å². The molecule has 1 fully saturated rings. The number of benzene rings is 2. The number of ketones is 1. The van der Waals surface area contributed by atoms with Crippen molar-refractivity contribution in [3.05, 3.63) is 75.9 Å². The molecule has 5 heteroatoms. The standard InChI is InChI=1S/C29H38N2O3/c1-7-30(8-2)16-9-17-31-26(23-14-12-22(13-15-23)19(3)4)25(28(33)29(31)34)27(32)24-18-20(5)10-11-21(24)6/h10-15,18-19,26,32H,7-9,16-17H2,1-6H3/b27-25+. The molecule has 0 aliphatic carbocycles. The Bertz CT molecular complexity index is 1070. The van der Waals surface area contributed by atoms with Crippen molar-refractivity contribution in [1.82, 2.24) is 9.80 Å². The topological polar surface area (TPSA) is 60.9 Å². The summed E-state index contributed by atoms with van der Waals surface area (Å²) in [5, 5.41) is 11.4. The number of likely N-dealkylation sites (tertiary alicyclic amines) is 1. The van der Waals surface area contributed by atoms with E-state index in [2.05, 4.69) is 32.6 Å². The van der Waals surface area contributed by atoms with E-state index in [1.165, 1.54) is 5.56 Å². The molecule has 1 heterocycles. The van der Waals surface area contributed by atoms with E-state index in [9.17, 15) is 14.7 Å². The van der Waals surface area contributed by atoms with E-state index in [0.29, 0.717) is 18.0 Å². The molecule has 1 aliphatic rings. The summed E-state index contributed by atoms with van der Waals surface area (Å²) in [6, 6.07) is 13.2. The van der Waals surface area contributed by atoms with E-state index in [1.54, 1.807) is 4.90 Å². The SMILES string of the molecule is CCN(CC)CCCN1C(=O)C(=O)/C(=C(/O)c2cc(C)ccc2C)C1c1ccc(C(C)C)cc1. The first-order valence-corrected chi connectivity index (χ1v) is 12.4. The smallest absolute Gasteiger partial charge is 0.295 e. The van der Waals surface area contributed by atoms with Gasteiger partial charge in [0.2, 0.25) is 0 Å². The fourth-order valence-electron chi connectivity index (χ4n) is 4.66. The summed E-state index contributed by atoms with van der Waals surface area (Å²) in [4.78, 5) is 30.4. The summed E-state index contributed by atoms with van der Waals surface area (Å²) in [7, 11) is 0. The maximum absolute atomic E-state index is 13.3. The number of amides is 1. The van der Waals surface area contributed by atoms with Gasteiger partial charge < -0.3 is 14.9 Å².